The van der Waals surface area contributed by atoms with Crippen molar-refractivity contribution in [2.45, 2.75) is 45.4 Å². The predicted octanol–water partition coefficient (Wildman–Crippen LogP) is 4.20. The van der Waals surface area contributed by atoms with E-state index in [4.69, 9.17) is 0 Å². The Hall–Kier alpha value is -2.16. The molecule has 2 aromatic heterocycles. The summed E-state index contributed by atoms with van der Waals surface area (Å²) in [7, 11) is 1.81. The van der Waals surface area contributed by atoms with Crippen LogP contribution in [0.4, 0.5) is 0 Å². The van der Waals surface area contributed by atoms with Crippen LogP contribution in [-0.2, 0) is 12.8 Å². The van der Waals surface area contributed by atoms with Crippen LogP contribution in [0.5, 0.6) is 0 Å². The Kier molecular flexibility index (Phi) is 10.1. The second-order valence-electron chi connectivity index (χ2n) is 7.57. The summed E-state index contributed by atoms with van der Waals surface area (Å²) in [5.74, 6) is 2.43. The fraction of sp³-hybridized carbons (Fsp3) is 0.435. The smallest absolute Gasteiger partial charge is 0.190 e. The van der Waals surface area contributed by atoms with Gasteiger partial charge in [-0.1, -0.05) is 44.2 Å². The van der Waals surface area contributed by atoms with Gasteiger partial charge in [0.15, 0.2) is 11.6 Å². The zero-order chi connectivity index (χ0) is 20.5. The third kappa shape index (κ3) is 6.97. The van der Waals surface area contributed by atoms with Crippen LogP contribution in [0.15, 0.2) is 53.7 Å². The van der Waals surface area contributed by atoms with Crippen molar-refractivity contribution in [3.8, 4) is 0 Å². The molecule has 2 N–H and O–H groups in total. The van der Waals surface area contributed by atoms with Gasteiger partial charge in [0.25, 0.3) is 0 Å². The van der Waals surface area contributed by atoms with E-state index in [9.17, 15) is 0 Å². The summed E-state index contributed by atoms with van der Waals surface area (Å²) >= 11 is 0. The largest absolute Gasteiger partial charge is 0.356 e. The van der Waals surface area contributed by atoms with Crippen molar-refractivity contribution in [2.75, 3.05) is 20.1 Å². The van der Waals surface area contributed by atoms with Crippen LogP contribution in [0, 0.1) is 0 Å². The van der Waals surface area contributed by atoms with Crippen LogP contribution in [0.25, 0.3) is 5.65 Å². The molecule has 3 aromatic rings. The highest BCUT2D eigenvalue weighted by Gasteiger charge is 2.04. The molecule has 6 nitrogen and oxygen atoms in total. The quantitative estimate of drug-likeness (QED) is 0.192. The second-order valence-corrected chi connectivity index (χ2v) is 7.57. The summed E-state index contributed by atoms with van der Waals surface area (Å²) in [6.45, 7) is 6.20. The summed E-state index contributed by atoms with van der Waals surface area (Å²) in [5, 5.41) is 15.2. The lowest BCUT2D eigenvalue weighted by Gasteiger charge is -2.12. The molecule has 7 heteroatoms. The third-order valence-corrected chi connectivity index (χ3v) is 5.06. The highest BCUT2D eigenvalue weighted by Crippen LogP contribution is 2.15. The lowest BCUT2D eigenvalue weighted by atomic mass is 10.0. The molecule has 0 saturated carbocycles. The number of pyridine rings is 1. The van der Waals surface area contributed by atoms with Gasteiger partial charge in [-0.3, -0.25) is 9.39 Å². The van der Waals surface area contributed by atoms with Crippen molar-refractivity contribution in [1.82, 2.24) is 25.2 Å². The van der Waals surface area contributed by atoms with Gasteiger partial charge in [0.1, 0.15) is 5.82 Å². The molecule has 0 amide bonds. The summed E-state index contributed by atoms with van der Waals surface area (Å²) in [6, 6.07) is 14.9. The first kappa shape index (κ1) is 24.1. The van der Waals surface area contributed by atoms with Crippen LogP contribution >= 0.6 is 24.0 Å². The molecule has 30 heavy (non-hydrogen) atoms. The number of guanidine groups is 1. The molecular weight excluding hydrogens is 487 g/mol. The summed E-state index contributed by atoms with van der Waals surface area (Å²) in [4.78, 5) is 4.31. The zero-order valence-corrected chi connectivity index (χ0v) is 20.5. The van der Waals surface area contributed by atoms with Gasteiger partial charge in [-0.05, 0) is 48.4 Å². The minimum Gasteiger partial charge on any atom is -0.356 e. The molecular formula is C23H33IN6. The number of aliphatic imine (C=N–C) groups is 1. The van der Waals surface area contributed by atoms with E-state index in [2.05, 4.69) is 63.9 Å². The van der Waals surface area contributed by atoms with E-state index >= 15 is 0 Å². The molecule has 0 spiro atoms. The van der Waals surface area contributed by atoms with Crippen LogP contribution in [-0.4, -0.2) is 40.7 Å². The van der Waals surface area contributed by atoms with Crippen molar-refractivity contribution in [1.29, 1.82) is 0 Å². The van der Waals surface area contributed by atoms with Crippen LogP contribution in [0.3, 0.4) is 0 Å². The Morgan fingerprint density at radius 3 is 2.33 bits per heavy atom. The topological polar surface area (TPSA) is 66.6 Å². The van der Waals surface area contributed by atoms with Crippen LogP contribution in [0.2, 0.25) is 0 Å². The molecule has 0 fully saturated rings. The number of halogens is 1. The van der Waals surface area contributed by atoms with Crippen molar-refractivity contribution in [2.24, 2.45) is 4.99 Å². The van der Waals surface area contributed by atoms with Gasteiger partial charge in [0.2, 0.25) is 0 Å². The Morgan fingerprint density at radius 2 is 1.67 bits per heavy atom. The molecule has 0 saturated heterocycles. The van der Waals surface area contributed by atoms with E-state index in [1.165, 1.54) is 11.1 Å². The molecule has 0 bridgehead atoms. The first-order valence-electron chi connectivity index (χ1n) is 10.5. The highest BCUT2D eigenvalue weighted by molar-refractivity contribution is 14.0. The van der Waals surface area contributed by atoms with E-state index in [0.29, 0.717) is 5.92 Å². The molecule has 0 radical (unpaired) electrons. The molecule has 3 rings (SSSR count). The number of nitrogens with one attached hydrogen (secondary N) is 2. The van der Waals surface area contributed by atoms with E-state index < -0.39 is 0 Å². The molecule has 2 heterocycles. The van der Waals surface area contributed by atoms with E-state index in [1.54, 1.807) is 0 Å². The van der Waals surface area contributed by atoms with Crippen LogP contribution < -0.4 is 10.6 Å². The number of benzene rings is 1. The SMILES string of the molecule is CN=C(NCCCc1ccc(C(C)C)cc1)NCCCc1nnc2ccccn12.I. The monoisotopic (exact) mass is 520 g/mol. The van der Waals surface area contributed by atoms with Gasteiger partial charge in [0.05, 0.1) is 0 Å². The summed E-state index contributed by atoms with van der Waals surface area (Å²) in [5.41, 5.74) is 3.68. The predicted molar refractivity (Wildman–Crippen MR) is 135 cm³/mol. The summed E-state index contributed by atoms with van der Waals surface area (Å²) in [6.07, 6.45) is 6.00. The van der Waals surface area contributed by atoms with Gasteiger partial charge >= 0.3 is 0 Å². The normalized spacial score (nSPS) is 11.5. The maximum atomic E-state index is 4.31. The Balaban J connectivity index is 0.00000320. The average molecular weight is 520 g/mol. The van der Waals surface area contributed by atoms with E-state index in [0.717, 1.165) is 56.2 Å². The number of aromatic nitrogens is 3. The second kappa shape index (κ2) is 12.5. The van der Waals surface area contributed by atoms with Crippen LogP contribution in [0.1, 0.15) is 49.6 Å². The number of hydrogen-bond donors (Lipinski definition) is 2. The fourth-order valence-electron chi connectivity index (χ4n) is 3.30. The fourth-order valence-corrected chi connectivity index (χ4v) is 3.30. The zero-order valence-electron chi connectivity index (χ0n) is 18.1. The standard InChI is InChI=1S/C23H32N6.HI/c1-18(2)20-13-11-19(12-14-20)8-6-15-25-23(24-3)26-16-7-10-22-28-27-21-9-4-5-17-29(21)22;/h4-5,9,11-14,17-18H,6-8,10,15-16H2,1-3H3,(H2,24,25,26);1H. The maximum absolute atomic E-state index is 4.31. The lowest BCUT2D eigenvalue weighted by Crippen LogP contribution is -2.38. The molecule has 0 atom stereocenters. The minimum absolute atomic E-state index is 0. The molecule has 162 valence electrons. The maximum Gasteiger partial charge on any atom is 0.190 e. The average Bonchev–Trinajstić information content (AvgIpc) is 3.16. The highest BCUT2D eigenvalue weighted by atomic mass is 127. The Labute approximate surface area is 196 Å². The van der Waals surface area contributed by atoms with Crippen molar-refractivity contribution in [3.05, 3.63) is 65.6 Å². The first-order valence-corrected chi connectivity index (χ1v) is 10.5. The first-order chi connectivity index (χ1) is 14.2. The van der Waals surface area contributed by atoms with Gasteiger partial charge in [-0.2, -0.15) is 0 Å². The molecule has 1 aromatic carbocycles. The van der Waals surface area contributed by atoms with Gasteiger partial charge in [-0.15, -0.1) is 34.2 Å². The Bertz CT molecular complexity index is 917. The number of fused-ring (bicyclic) bond motifs is 1. The molecule has 0 aliphatic heterocycles. The van der Waals surface area contributed by atoms with Crippen molar-refractivity contribution in [3.63, 3.8) is 0 Å². The minimum atomic E-state index is 0. The van der Waals surface area contributed by atoms with Gasteiger partial charge < -0.3 is 10.6 Å². The number of nitrogens with zero attached hydrogens (tertiary/aromatic N) is 4. The van der Waals surface area contributed by atoms with E-state index in [1.807, 2.05) is 35.8 Å². The van der Waals surface area contributed by atoms with Crippen molar-refractivity contribution >= 4 is 35.6 Å². The van der Waals surface area contributed by atoms with Gasteiger partial charge in [-0.25, -0.2) is 0 Å². The third-order valence-electron chi connectivity index (χ3n) is 5.06. The number of rotatable bonds is 9. The molecule has 0 aliphatic carbocycles. The van der Waals surface area contributed by atoms with Gasteiger partial charge in [0, 0.05) is 32.8 Å². The lowest BCUT2D eigenvalue weighted by molar-refractivity contribution is 0.701. The Morgan fingerprint density at radius 1 is 0.967 bits per heavy atom. The van der Waals surface area contributed by atoms with Crippen molar-refractivity contribution < 1.29 is 0 Å². The molecule has 0 unspecified atom stereocenters. The molecule has 0 aliphatic rings. The number of hydrogen-bond acceptors (Lipinski definition) is 3. The van der Waals surface area contributed by atoms with E-state index in [-0.39, 0.29) is 24.0 Å². The summed E-state index contributed by atoms with van der Waals surface area (Å²) < 4.78 is 2.04. The number of aryl methyl sites for hydroxylation is 2.